The molecule has 0 spiro atoms. The van der Waals surface area contributed by atoms with Gasteiger partial charge in [-0.25, -0.2) is 0 Å². The molecule has 0 bridgehead atoms. The van der Waals surface area contributed by atoms with Crippen molar-refractivity contribution in [2.45, 2.75) is 51.7 Å². The minimum Gasteiger partial charge on any atom is -0.489 e. The predicted molar refractivity (Wildman–Crippen MR) is 141 cm³/mol. The molecule has 2 aliphatic rings. The lowest BCUT2D eigenvalue weighted by Gasteiger charge is -2.17. The summed E-state index contributed by atoms with van der Waals surface area (Å²) < 4.78 is 17.7. The summed E-state index contributed by atoms with van der Waals surface area (Å²) in [5.41, 5.74) is 8.84. The molecule has 36 heavy (non-hydrogen) atoms. The van der Waals surface area contributed by atoms with Crippen LogP contribution in [0.25, 0.3) is 16.7 Å². The van der Waals surface area contributed by atoms with E-state index in [0.29, 0.717) is 19.6 Å². The number of rotatable bonds is 8. The number of carbonyl (C=O) groups is 1. The van der Waals surface area contributed by atoms with E-state index in [9.17, 15) is 9.90 Å². The van der Waals surface area contributed by atoms with E-state index < -0.39 is 5.97 Å². The maximum atomic E-state index is 11.2. The van der Waals surface area contributed by atoms with Crippen molar-refractivity contribution in [2.24, 2.45) is 0 Å². The molecule has 2 atom stereocenters. The van der Waals surface area contributed by atoms with Crippen LogP contribution in [0.4, 0.5) is 0 Å². The molecule has 0 saturated carbocycles. The Bertz CT molecular complexity index is 1280. The van der Waals surface area contributed by atoms with E-state index in [1.807, 2.05) is 18.2 Å². The van der Waals surface area contributed by atoms with Gasteiger partial charge in [-0.05, 0) is 101 Å². The van der Waals surface area contributed by atoms with Crippen molar-refractivity contribution in [3.05, 3.63) is 89.0 Å². The SMILES string of the molecule is C=C1C[C@@H](CC(=O)O)c2ccc(OCc3cccc(-c4c(C)cc(O[C@H]5CCOC5)cc4C)c3)cc21. The Hall–Kier alpha value is -3.57. The molecule has 0 amide bonds. The molecule has 0 unspecified atom stereocenters. The van der Waals surface area contributed by atoms with Crippen LogP contribution in [0.1, 0.15) is 53.0 Å². The van der Waals surface area contributed by atoms with Crippen LogP contribution in [0.15, 0.2) is 61.2 Å². The second-order valence-electron chi connectivity index (χ2n) is 9.88. The van der Waals surface area contributed by atoms with Gasteiger partial charge in [-0.3, -0.25) is 4.79 Å². The summed E-state index contributed by atoms with van der Waals surface area (Å²) in [6.07, 6.45) is 1.88. The van der Waals surface area contributed by atoms with Crippen molar-refractivity contribution in [1.29, 1.82) is 0 Å². The molecule has 1 saturated heterocycles. The van der Waals surface area contributed by atoms with Gasteiger partial charge in [0.05, 0.1) is 19.6 Å². The van der Waals surface area contributed by atoms with Crippen LogP contribution in [0.2, 0.25) is 0 Å². The van der Waals surface area contributed by atoms with Gasteiger partial charge < -0.3 is 19.3 Å². The standard InChI is InChI=1S/C31H32O5/c1-19-11-24(15-30(32)33)28-8-7-25(16-29(19)28)35-17-22-5-4-6-23(14-22)31-20(2)12-27(13-21(31)3)36-26-9-10-34-18-26/h4-8,12-14,16,24,26H,1,9-11,15,17-18H2,2-3H3,(H,32,33)/t24-,26-/m0/s1. The molecule has 5 nitrogen and oxygen atoms in total. The largest absolute Gasteiger partial charge is 0.489 e. The van der Waals surface area contributed by atoms with E-state index in [1.165, 1.54) is 16.7 Å². The number of carboxylic acid groups (broad SMARTS) is 1. The number of allylic oxidation sites excluding steroid dienone is 1. The predicted octanol–water partition coefficient (Wildman–Crippen LogP) is 6.69. The zero-order chi connectivity index (χ0) is 25.2. The third-order valence-electron chi connectivity index (χ3n) is 7.08. The van der Waals surface area contributed by atoms with Crippen molar-refractivity contribution >= 4 is 11.5 Å². The first kappa shape index (κ1) is 24.1. The van der Waals surface area contributed by atoms with Gasteiger partial charge in [0.25, 0.3) is 0 Å². The second-order valence-corrected chi connectivity index (χ2v) is 9.88. The monoisotopic (exact) mass is 484 g/mol. The summed E-state index contributed by atoms with van der Waals surface area (Å²) in [5.74, 6) is 0.871. The Morgan fingerprint density at radius 2 is 1.89 bits per heavy atom. The molecule has 1 aliphatic heterocycles. The molecular weight excluding hydrogens is 452 g/mol. The molecular formula is C31H32O5. The summed E-state index contributed by atoms with van der Waals surface area (Å²) >= 11 is 0. The summed E-state index contributed by atoms with van der Waals surface area (Å²) in [5, 5.41) is 9.20. The normalized spacial score (nSPS) is 18.8. The van der Waals surface area contributed by atoms with Gasteiger partial charge in [-0.2, -0.15) is 0 Å². The van der Waals surface area contributed by atoms with Crippen LogP contribution in [0.3, 0.4) is 0 Å². The van der Waals surface area contributed by atoms with Crippen LogP contribution < -0.4 is 9.47 Å². The van der Waals surface area contributed by atoms with Crippen LogP contribution in [-0.4, -0.2) is 30.4 Å². The van der Waals surface area contributed by atoms with Gasteiger partial charge in [0.1, 0.15) is 24.2 Å². The van der Waals surface area contributed by atoms with Gasteiger partial charge in [-0.1, -0.05) is 30.8 Å². The summed E-state index contributed by atoms with van der Waals surface area (Å²) in [7, 11) is 0. The molecule has 3 aromatic carbocycles. The zero-order valence-electron chi connectivity index (χ0n) is 20.9. The summed E-state index contributed by atoms with van der Waals surface area (Å²) in [6.45, 7) is 10.3. The molecule has 1 N–H and O–H groups in total. The summed E-state index contributed by atoms with van der Waals surface area (Å²) in [6, 6.07) is 18.6. The number of aliphatic carboxylic acids is 1. The topological polar surface area (TPSA) is 65.0 Å². The fraction of sp³-hybridized carbons (Fsp3) is 0.323. The number of carboxylic acids is 1. The van der Waals surface area contributed by atoms with Gasteiger partial charge in [0.2, 0.25) is 0 Å². The van der Waals surface area contributed by atoms with Crippen molar-refractivity contribution in [3.8, 4) is 22.6 Å². The number of hydrogen-bond donors (Lipinski definition) is 1. The highest BCUT2D eigenvalue weighted by atomic mass is 16.5. The van der Waals surface area contributed by atoms with Gasteiger partial charge in [-0.15, -0.1) is 0 Å². The highest BCUT2D eigenvalue weighted by Gasteiger charge is 2.27. The molecule has 186 valence electrons. The molecule has 5 rings (SSSR count). The number of hydrogen-bond acceptors (Lipinski definition) is 4. The number of benzene rings is 3. The quantitative estimate of drug-likeness (QED) is 0.386. The Morgan fingerprint density at radius 3 is 2.61 bits per heavy atom. The fourth-order valence-corrected chi connectivity index (χ4v) is 5.43. The second kappa shape index (κ2) is 10.2. The maximum absolute atomic E-state index is 11.2. The Labute approximate surface area is 212 Å². The van der Waals surface area contributed by atoms with Gasteiger partial charge >= 0.3 is 5.97 Å². The highest BCUT2D eigenvalue weighted by molar-refractivity contribution is 5.77. The lowest BCUT2D eigenvalue weighted by molar-refractivity contribution is -0.137. The van der Waals surface area contributed by atoms with Gasteiger partial charge in [0, 0.05) is 6.42 Å². The van der Waals surface area contributed by atoms with Crippen LogP contribution >= 0.6 is 0 Å². The van der Waals surface area contributed by atoms with E-state index in [4.69, 9.17) is 14.2 Å². The van der Waals surface area contributed by atoms with Gasteiger partial charge in [0.15, 0.2) is 0 Å². The van der Waals surface area contributed by atoms with Crippen molar-refractivity contribution < 1.29 is 24.1 Å². The molecule has 1 heterocycles. The van der Waals surface area contributed by atoms with Crippen LogP contribution in [0.5, 0.6) is 11.5 Å². The zero-order valence-corrected chi connectivity index (χ0v) is 20.9. The first-order chi connectivity index (χ1) is 17.4. The van der Waals surface area contributed by atoms with Crippen molar-refractivity contribution in [2.75, 3.05) is 13.2 Å². The smallest absolute Gasteiger partial charge is 0.303 e. The summed E-state index contributed by atoms with van der Waals surface area (Å²) in [4.78, 5) is 11.2. The molecule has 0 aromatic heterocycles. The Morgan fingerprint density at radius 1 is 1.08 bits per heavy atom. The maximum Gasteiger partial charge on any atom is 0.303 e. The van der Waals surface area contributed by atoms with E-state index >= 15 is 0 Å². The Kier molecular flexibility index (Phi) is 6.84. The lowest BCUT2D eigenvalue weighted by Crippen LogP contribution is -2.15. The first-order valence-electron chi connectivity index (χ1n) is 12.5. The first-order valence-corrected chi connectivity index (χ1v) is 12.5. The number of fused-ring (bicyclic) bond motifs is 1. The lowest BCUT2D eigenvalue weighted by atomic mass is 9.94. The van der Waals surface area contributed by atoms with Crippen LogP contribution in [-0.2, 0) is 16.1 Å². The Balaban J connectivity index is 1.30. The third-order valence-corrected chi connectivity index (χ3v) is 7.08. The molecule has 1 aliphatic carbocycles. The van der Waals surface area contributed by atoms with Crippen molar-refractivity contribution in [3.63, 3.8) is 0 Å². The molecule has 5 heteroatoms. The van der Waals surface area contributed by atoms with E-state index in [2.05, 4.69) is 56.8 Å². The van der Waals surface area contributed by atoms with E-state index in [-0.39, 0.29) is 18.4 Å². The molecule has 1 fully saturated rings. The highest BCUT2D eigenvalue weighted by Crippen LogP contribution is 2.43. The average Bonchev–Trinajstić information content (AvgIpc) is 3.45. The van der Waals surface area contributed by atoms with Crippen molar-refractivity contribution in [1.82, 2.24) is 0 Å². The fourth-order valence-electron chi connectivity index (χ4n) is 5.43. The van der Waals surface area contributed by atoms with Crippen LogP contribution in [0, 0.1) is 13.8 Å². The minimum atomic E-state index is -0.781. The molecule has 3 aromatic rings. The molecule has 0 radical (unpaired) electrons. The number of ether oxygens (including phenoxy) is 3. The average molecular weight is 485 g/mol. The van der Waals surface area contributed by atoms with E-state index in [0.717, 1.165) is 52.4 Å². The number of aryl methyl sites for hydroxylation is 2. The minimum absolute atomic E-state index is 0.00880. The third kappa shape index (κ3) is 5.17. The van der Waals surface area contributed by atoms with E-state index in [1.54, 1.807) is 0 Å².